The summed E-state index contributed by atoms with van der Waals surface area (Å²) in [6, 6.07) is 0. The maximum absolute atomic E-state index is 13.0. The number of rotatable bonds is 0. The Labute approximate surface area is 94.6 Å². The van der Waals surface area contributed by atoms with Gasteiger partial charge >= 0.3 is 18.4 Å². The maximum atomic E-state index is 13.0. The van der Waals surface area contributed by atoms with Crippen LogP contribution in [0.2, 0.25) is 6.32 Å². The van der Waals surface area contributed by atoms with Gasteiger partial charge in [0.1, 0.15) is 0 Å². The Bertz CT molecular complexity index is 329. The predicted molar refractivity (Wildman–Crippen MR) is 51.9 cm³/mol. The molecule has 0 aromatic heterocycles. The van der Waals surface area contributed by atoms with Gasteiger partial charge in [-0.3, -0.25) is 0 Å². The lowest BCUT2D eigenvalue weighted by Gasteiger charge is -2.57. The number of halogens is 6. The third kappa shape index (κ3) is 1.90. The lowest BCUT2D eigenvalue weighted by Crippen LogP contribution is -2.80. The zero-order chi connectivity index (χ0) is 13.7. The molecule has 0 amide bonds. The molecule has 2 nitrogen and oxygen atoms in total. The van der Waals surface area contributed by atoms with E-state index in [0.717, 1.165) is 14.1 Å². The number of nitrogens with zero attached hydrogens (tertiary/aromatic N) is 1. The fourth-order valence-electron chi connectivity index (χ4n) is 2.41. The van der Waals surface area contributed by atoms with Crippen molar-refractivity contribution in [1.29, 1.82) is 0 Å². The van der Waals surface area contributed by atoms with Crippen molar-refractivity contribution in [3.05, 3.63) is 11.8 Å². The van der Waals surface area contributed by atoms with Crippen molar-refractivity contribution in [3.8, 4) is 0 Å². The van der Waals surface area contributed by atoms with Gasteiger partial charge in [0.2, 0.25) is 0 Å². The normalized spacial score (nSPS) is 24.4. The highest BCUT2D eigenvalue weighted by Crippen LogP contribution is 2.50. The van der Waals surface area contributed by atoms with E-state index in [1.165, 1.54) is 6.08 Å². The molecule has 0 atom stereocenters. The smallest absolute Gasteiger partial charge is 0.426 e. The van der Waals surface area contributed by atoms with Gasteiger partial charge in [-0.25, -0.2) is 26.3 Å². The van der Waals surface area contributed by atoms with Crippen LogP contribution in [0.15, 0.2) is 11.8 Å². The monoisotopic (exact) mass is 262 g/mol. The van der Waals surface area contributed by atoms with Gasteiger partial charge in [-0.1, -0.05) is 6.32 Å². The zero-order valence-corrected chi connectivity index (χ0v) is 9.36. The van der Waals surface area contributed by atoms with Gasteiger partial charge in [0.15, 0.2) is 0 Å². The molecule has 0 unspecified atom stereocenters. The third-order valence-corrected chi connectivity index (χ3v) is 3.63. The second kappa shape index (κ2) is 3.57. The lowest BCUT2D eigenvalue weighted by atomic mass is 9.27. The molecule has 17 heavy (non-hydrogen) atoms. The summed E-state index contributed by atoms with van der Waals surface area (Å²) in [5.41, 5.74) is 4.84. The molecule has 9 heteroatoms. The van der Waals surface area contributed by atoms with Crippen LogP contribution in [0.3, 0.4) is 0 Å². The van der Waals surface area contributed by atoms with E-state index < -0.39 is 29.1 Å². The van der Waals surface area contributed by atoms with Crippen LogP contribution >= 0.6 is 0 Å². The summed E-state index contributed by atoms with van der Waals surface area (Å²) in [7, 11) is 1.87. The Morgan fingerprint density at radius 3 is 1.82 bits per heavy atom. The standard InChI is InChI=1S/C8H13BF6N2/c1-17(2)4-3-6(16)5-9(17,7(10,11)12)8(13,14)15/h3H,4-5,16H2,1-2H3. The van der Waals surface area contributed by atoms with E-state index in [1.54, 1.807) is 0 Å². The van der Waals surface area contributed by atoms with E-state index in [9.17, 15) is 26.3 Å². The van der Waals surface area contributed by atoms with Crippen LogP contribution < -0.4 is 5.73 Å². The summed E-state index contributed by atoms with van der Waals surface area (Å²) in [6.45, 7) is -0.384. The molecule has 1 aliphatic rings. The summed E-state index contributed by atoms with van der Waals surface area (Å²) >= 11 is 0. The number of allylic oxidation sites excluding steroid dienone is 1. The summed E-state index contributed by atoms with van der Waals surface area (Å²) in [5, 5.41) is 0. The summed E-state index contributed by atoms with van der Waals surface area (Å²) in [6.07, 6.45) is -15.3. The second-order valence-electron chi connectivity index (χ2n) is 5.02. The molecule has 0 saturated heterocycles. The van der Waals surface area contributed by atoms with Crippen molar-refractivity contribution >= 4 is 6.28 Å². The Hall–Kier alpha value is -0.855. The Balaban J connectivity index is 3.48. The molecule has 2 N–H and O–H groups in total. The van der Waals surface area contributed by atoms with Gasteiger partial charge in [0, 0.05) is 14.1 Å². The summed E-state index contributed by atoms with van der Waals surface area (Å²) in [4.78, 5) is 0. The van der Waals surface area contributed by atoms with Crippen LogP contribution in [0, 0.1) is 0 Å². The SMILES string of the molecule is C[N+]1(C)CC=C(N)C[B-]1(C(F)(F)F)C(F)(F)F. The summed E-state index contributed by atoms with van der Waals surface area (Å²) in [5.74, 6) is 0. The zero-order valence-electron chi connectivity index (χ0n) is 9.36. The first kappa shape index (κ1) is 14.2. The Morgan fingerprint density at radius 2 is 1.53 bits per heavy atom. The molecule has 1 aliphatic heterocycles. The maximum Gasteiger partial charge on any atom is 0.426 e. The summed E-state index contributed by atoms with van der Waals surface area (Å²) < 4.78 is 76.7. The number of likely N-dealkylation sites (N-methyl/N-ethyl adjacent to an activating group) is 1. The highest BCUT2D eigenvalue weighted by Gasteiger charge is 2.76. The lowest BCUT2D eigenvalue weighted by molar-refractivity contribution is -0.797. The largest absolute Gasteiger partial charge is 0.504 e. The quantitative estimate of drug-likeness (QED) is 0.525. The van der Waals surface area contributed by atoms with Gasteiger partial charge in [-0.2, -0.15) is 0 Å². The average molecular weight is 262 g/mol. The van der Waals surface area contributed by atoms with E-state index in [-0.39, 0.29) is 12.2 Å². The Kier molecular flexibility index (Phi) is 2.98. The fraction of sp³-hybridized carbons (Fsp3) is 0.750. The van der Waals surface area contributed by atoms with E-state index >= 15 is 0 Å². The number of hydrogen-bond acceptors (Lipinski definition) is 1. The molecule has 0 saturated carbocycles. The number of nitrogens with two attached hydrogens (primary N) is 1. The molecular formula is C8H13BF6N2. The van der Waals surface area contributed by atoms with Crippen LogP contribution in [0.4, 0.5) is 26.3 Å². The van der Waals surface area contributed by atoms with Crippen molar-refractivity contribution in [3.63, 3.8) is 0 Å². The van der Waals surface area contributed by atoms with Crippen LogP contribution in [-0.2, 0) is 0 Å². The van der Waals surface area contributed by atoms with Gasteiger partial charge in [0.05, 0.1) is 6.54 Å². The first-order valence-corrected chi connectivity index (χ1v) is 4.93. The fourth-order valence-corrected chi connectivity index (χ4v) is 2.41. The molecule has 0 aromatic carbocycles. The minimum Gasteiger partial charge on any atom is -0.504 e. The van der Waals surface area contributed by atoms with Crippen molar-refractivity contribution in [2.45, 2.75) is 18.5 Å². The second-order valence-corrected chi connectivity index (χ2v) is 5.02. The molecule has 0 aromatic rings. The molecule has 1 heterocycles. The minimum atomic E-state index is -5.35. The molecule has 1 rings (SSSR count). The first-order valence-electron chi connectivity index (χ1n) is 4.93. The number of hydrogen-bond donors (Lipinski definition) is 1. The number of alkyl halides is 6. The topological polar surface area (TPSA) is 26.0 Å². The van der Waals surface area contributed by atoms with Crippen molar-refractivity contribution in [1.82, 2.24) is 0 Å². The molecule has 0 spiro atoms. The predicted octanol–water partition coefficient (Wildman–Crippen LogP) is 2.07. The molecule has 0 aliphatic carbocycles. The third-order valence-electron chi connectivity index (χ3n) is 3.63. The van der Waals surface area contributed by atoms with E-state index in [1.807, 2.05) is 0 Å². The van der Waals surface area contributed by atoms with Crippen LogP contribution in [0.5, 0.6) is 0 Å². The van der Waals surface area contributed by atoms with E-state index in [4.69, 9.17) is 5.73 Å². The minimum absolute atomic E-state index is 0.350. The highest BCUT2D eigenvalue weighted by molar-refractivity contribution is 6.77. The molecule has 0 fully saturated rings. The average Bonchev–Trinajstić information content (AvgIpc) is 2.04. The molecule has 0 bridgehead atoms. The molecule has 100 valence electrons. The highest BCUT2D eigenvalue weighted by atomic mass is 19.4. The van der Waals surface area contributed by atoms with Crippen LogP contribution in [-0.4, -0.2) is 43.5 Å². The van der Waals surface area contributed by atoms with Gasteiger partial charge < -0.3 is 10.1 Å². The van der Waals surface area contributed by atoms with Gasteiger partial charge in [-0.05, 0) is 11.8 Å². The first-order chi connectivity index (χ1) is 7.35. The molecular weight excluding hydrogens is 249 g/mol. The van der Waals surface area contributed by atoms with E-state index in [0.29, 0.717) is 0 Å². The Morgan fingerprint density at radius 1 is 1.12 bits per heavy atom. The van der Waals surface area contributed by atoms with Crippen LogP contribution in [0.1, 0.15) is 0 Å². The van der Waals surface area contributed by atoms with Gasteiger partial charge in [0.25, 0.3) is 0 Å². The van der Waals surface area contributed by atoms with Crippen molar-refractivity contribution in [2.75, 3.05) is 20.6 Å². The van der Waals surface area contributed by atoms with Crippen molar-refractivity contribution < 1.29 is 30.7 Å². The van der Waals surface area contributed by atoms with Gasteiger partial charge in [-0.15, -0.1) is 0 Å². The van der Waals surface area contributed by atoms with Crippen molar-refractivity contribution in [2.24, 2.45) is 5.73 Å². The van der Waals surface area contributed by atoms with E-state index in [2.05, 4.69) is 0 Å². The number of quaternary nitrogens is 1. The van der Waals surface area contributed by atoms with Crippen LogP contribution in [0.25, 0.3) is 0 Å². The molecule has 0 radical (unpaired) electrons.